The highest BCUT2D eigenvalue weighted by Crippen LogP contribution is 2.10. The number of nitrogens with zero attached hydrogens (tertiary/aromatic N) is 1. The number of anilines is 1. The minimum atomic E-state index is -0.103. The molecule has 0 aliphatic heterocycles. The van der Waals surface area contributed by atoms with Crippen LogP contribution in [0.3, 0.4) is 0 Å². The van der Waals surface area contributed by atoms with E-state index in [1.807, 2.05) is 24.3 Å². The fraction of sp³-hybridized carbons (Fsp3) is 0.364. The molecule has 0 radical (unpaired) electrons. The second-order valence-electron chi connectivity index (χ2n) is 3.38. The number of benzene rings is 1. The minimum absolute atomic E-state index is 0.103. The van der Waals surface area contributed by atoms with Gasteiger partial charge in [0.15, 0.2) is 0 Å². The zero-order valence-corrected chi connectivity index (χ0v) is 8.87. The molecule has 1 aromatic carbocycles. The first-order chi connectivity index (χ1) is 6.63. The molecule has 0 unspecified atom stereocenters. The molecule has 0 aliphatic carbocycles. The van der Waals surface area contributed by atoms with Gasteiger partial charge < -0.3 is 10.2 Å². The van der Waals surface area contributed by atoms with E-state index in [1.165, 1.54) is 10.5 Å². The number of amides is 2. The van der Waals surface area contributed by atoms with Gasteiger partial charge in [0.2, 0.25) is 0 Å². The zero-order valence-electron chi connectivity index (χ0n) is 8.87. The van der Waals surface area contributed by atoms with E-state index in [9.17, 15) is 4.79 Å². The van der Waals surface area contributed by atoms with E-state index in [0.717, 1.165) is 12.1 Å². The lowest BCUT2D eigenvalue weighted by Crippen LogP contribution is -2.27. The van der Waals surface area contributed by atoms with Crippen molar-refractivity contribution in [2.75, 3.05) is 19.4 Å². The second-order valence-corrected chi connectivity index (χ2v) is 3.38. The quantitative estimate of drug-likeness (QED) is 0.766. The number of hydrogen-bond acceptors (Lipinski definition) is 1. The van der Waals surface area contributed by atoms with Crippen LogP contribution < -0.4 is 5.32 Å². The minimum Gasteiger partial charge on any atom is -0.331 e. The van der Waals surface area contributed by atoms with Gasteiger partial charge in [-0.1, -0.05) is 19.1 Å². The number of rotatable bonds is 2. The molecule has 3 heteroatoms. The van der Waals surface area contributed by atoms with E-state index in [-0.39, 0.29) is 6.03 Å². The molecule has 0 saturated carbocycles. The molecule has 1 N–H and O–H groups in total. The normalized spacial score (nSPS) is 9.64. The van der Waals surface area contributed by atoms with Crippen molar-refractivity contribution in [3.05, 3.63) is 29.8 Å². The van der Waals surface area contributed by atoms with Gasteiger partial charge in [-0.25, -0.2) is 4.79 Å². The highest BCUT2D eigenvalue weighted by Gasteiger charge is 2.02. The van der Waals surface area contributed by atoms with Gasteiger partial charge in [-0.15, -0.1) is 0 Å². The summed E-state index contributed by atoms with van der Waals surface area (Å²) in [5, 5.41) is 2.78. The van der Waals surface area contributed by atoms with E-state index in [1.54, 1.807) is 14.1 Å². The van der Waals surface area contributed by atoms with Gasteiger partial charge in [0.25, 0.3) is 0 Å². The SMILES string of the molecule is CCc1ccc(NC(=O)N(C)C)cc1. The summed E-state index contributed by atoms with van der Waals surface area (Å²) in [5.74, 6) is 0. The van der Waals surface area contributed by atoms with Crippen LogP contribution in [-0.4, -0.2) is 25.0 Å². The maximum absolute atomic E-state index is 11.3. The van der Waals surface area contributed by atoms with E-state index < -0.39 is 0 Å². The van der Waals surface area contributed by atoms with Crippen LogP contribution >= 0.6 is 0 Å². The van der Waals surface area contributed by atoms with E-state index in [2.05, 4.69) is 12.2 Å². The predicted molar refractivity (Wildman–Crippen MR) is 58.5 cm³/mol. The number of nitrogens with one attached hydrogen (secondary N) is 1. The monoisotopic (exact) mass is 192 g/mol. The molecule has 0 fully saturated rings. The number of hydrogen-bond donors (Lipinski definition) is 1. The standard InChI is InChI=1S/C11H16N2O/c1-4-9-5-7-10(8-6-9)12-11(14)13(2)3/h5-8H,4H2,1-3H3,(H,12,14). The van der Waals surface area contributed by atoms with Gasteiger partial charge in [-0.3, -0.25) is 0 Å². The van der Waals surface area contributed by atoms with Crippen LogP contribution in [0, 0.1) is 0 Å². The average molecular weight is 192 g/mol. The highest BCUT2D eigenvalue weighted by molar-refractivity contribution is 5.88. The summed E-state index contributed by atoms with van der Waals surface area (Å²) < 4.78 is 0. The molecule has 76 valence electrons. The van der Waals surface area contributed by atoms with Crippen molar-refractivity contribution in [1.82, 2.24) is 4.90 Å². The van der Waals surface area contributed by atoms with Crippen molar-refractivity contribution in [2.24, 2.45) is 0 Å². The molecule has 1 aromatic rings. The third-order valence-electron chi connectivity index (χ3n) is 2.02. The van der Waals surface area contributed by atoms with E-state index in [4.69, 9.17) is 0 Å². The maximum atomic E-state index is 11.3. The molecule has 0 heterocycles. The Bertz CT molecular complexity index is 304. The topological polar surface area (TPSA) is 32.3 Å². The number of carbonyl (C=O) groups excluding carboxylic acids is 1. The Kier molecular flexibility index (Phi) is 3.51. The lowest BCUT2D eigenvalue weighted by Gasteiger charge is -2.11. The van der Waals surface area contributed by atoms with Crippen molar-refractivity contribution in [3.8, 4) is 0 Å². The molecule has 0 spiro atoms. The van der Waals surface area contributed by atoms with Crippen LogP contribution in [0.5, 0.6) is 0 Å². The van der Waals surface area contributed by atoms with Gasteiger partial charge >= 0.3 is 6.03 Å². The molecule has 1 rings (SSSR count). The van der Waals surface area contributed by atoms with Crippen LogP contribution in [0.1, 0.15) is 12.5 Å². The first-order valence-corrected chi connectivity index (χ1v) is 4.70. The number of carbonyl (C=O) groups is 1. The molecule has 0 aliphatic rings. The van der Waals surface area contributed by atoms with Crippen LogP contribution in [0.15, 0.2) is 24.3 Å². The summed E-state index contributed by atoms with van der Waals surface area (Å²) in [5.41, 5.74) is 2.11. The van der Waals surface area contributed by atoms with Gasteiger partial charge in [0, 0.05) is 19.8 Å². The second kappa shape index (κ2) is 4.65. The maximum Gasteiger partial charge on any atom is 0.321 e. The Labute approximate surface area is 84.7 Å². The fourth-order valence-electron chi connectivity index (χ4n) is 1.06. The van der Waals surface area contributed by atoms with Crippen molar-refractivity contribution < 1.29 is 4.79 Å². The Hall–Kier alpha value is -1.51. The van der Waals surface area contributed by atoms with Crippen molar-refractivity contribution in [2.45, 2.75) is 13.3 Å². The Morgan fingerprint density at radius 1 is 1.29 bits per heavy atom. The summed E-state index contributed by atoms with van der Waals surface area (Å²) in [7, 11) is 3.44. The van der Waals surface area contributed by atoms with Crippen LogP contribution in [0.4, 0.5) is 10.5 Å². The fourth-order valence-corrected chi connectivity index (χ4v) is 1.06. The first kappa shape index (κ1) is 10.6. The number of aryl methyl sites for hydroxylation is 1. The number of urea groups is 1. The lowest BCUT2D eigenvalue weighted by molar-refractivity contribution is 0.230. The molecule has 0 saturated heterocycles. The summed E-state index contributed by atoms with van der Waals surface area (Å²) in [6.07, 6.45) is 1.02. The molecule has 2 amide bonds. The van der Waals surface area contributed by atoms with Crippen molar-refractivity contribution >= 4 is 11.7 Å². The molecule has 14 heavy (non-hydrogen) atoms. The Morgan fingerprint density at radius 3 is 2.29 bits per heavy atom. The van der Waals surface area contributed by atoms with E-state index in [0.29, 0.717) is 0 Å². The Morgan fingerprint density at radius 2 is 1.86 bits per heavy atom. The third kappa shape index (κ3) is 2.76. The molecule has 0 bridgehead atoms. The predicted octanol–water partition coefficient (Wildman–Crippen LogP) is 2.34. The lowest BCUT2D eigenvalue weighted by atomic mass is 10.1. The molecule has 3 nitrogen and oxygen atoms in total. The van der Waals surface area contributed by atoms with Crippen molar-refractivity contribution in [1.29, 1.82) is 0 Å². The largest absolute Gasteiger partial charge is 0.331 e. The van der Waals surface area contributed by atoms with E-state index >= 15 is 0 Å². The summed E-state index contributed by atoms with van der Waals surface area (Å²) in [6, 6.07) is 7.77. The van der Waals surface area contributed by atoms with Gasteiger partial charge in [-0.05, 0) is 24.1 Å². The average Bonchev–Trinajstić information content (AvgIpc) is 2.19. The summed E-state index contributed by atoms with van der Waals surface area (Å²) >= 11 is 0. The summed E-state index contributed by atoms with van der Waals surface area (Å²) in [6.45, 7) is 2.10. The third-order valence-corrected chi connectivity index (χ3v) is 2.02. The van der Waals surface area contributed by atoms with Gasteiger partial charge in [0.05, 0.1) is 0 Å². The smallest absolute Gasteiger partial charge is 0.321 e. The molecule has 0 atom stereocenters. The van der Waals surface area contributed by atoms with Crippen LogP contribution in [0.2, 0.25) is 0 Å². The highest BCUT2D eigenvalue weighted by atomic mass is 16.2. The van der Waals surface area contributed by atoms with Gasteiger partial charge in [0.1, 0.15) is 0 Å². The first-order valence-electron chi connectivity index (χ1n) is 4.70. The van der Waals surface area contributed by atoms with Crippen molar-refractivity contribution in [3.63, 3.8) is 0 Å². The Balaban J connectivity index is 2.64. The van der Waals surface area contributed by atoms with Gasteiger partial charge in [-0.2, -0.15) is 0 Å². The molecule has 0 aromatic heterocycles. The van der Waals surface area contributed by atoms with Crippen LogP contribution in [0.25, 0.3) is 0 Å². The molecular formula is C11H16N2O. The zero-order chi connectivity index (χ0) is 10.6. The van der Waals surface area contributed by atoms with Crippen LogP contribution in [-0.2, 0) is 6.42 Å². The molecular weight excluding hydrogens is 176 g/mol. The summed E-state index contributed by atoms with van der Waals surface area (Å²) in [4.78, 5) is 12.8.